The summed E-state index contributed by atoms with van der Waals surface area (Å²) in [6.45, 7) is 2.13. The van der Waals surface area contributed by atoms with Crippen LogP contribution in [-0.2, 0) is 6.61 Å². The third kappa shape index (κ3) is 3.11. The van der Waals surface area contributed by atoms with Gasteiger partial charge in [0, 0.05) is 11.3 Å². The van der Waals surface area contributed by atoms with Crippen molar-refractivity contribution in [1.82, 2.24) is 0 Å². The highest BCUT2D eigenvalue weighted by Crippen LogP contribution is 2.27. The molecule has 0 aliphatic heterocycles. The van der Waals surface area contributed by atoms with Gasteiger partial charge in [0.2, 0.25) is 0 Å². The maximum Gasteiger partial charge on any atom is 0.338 e. The van der Waals surface area contributed by atoms with Crippen molar-refractivity contribution in [1.29, 1.82) is 0 Å². The lowest BCUT2D eigenvalue weighted by atomic mass is 10.1. The van der Waals surface area contributed by atoms with E-state index in [1.165, 1.54) is 0 Å². The van der Waals surface area contributed by atoms with Gasteiger partial charge in [-0.2, -0.15) is 0 Å². The highest BCUT2D eigenvalue weighted by Gasteiger charge is 2.14. The Bertz CT molecular complexity index is 656. The molecule has 20 heavy (non-hydrogen) atoms. The number of rotatable bonds is 4. The zero-order valence-electron chi connectivity index (χ0n) is 10.9. The summed E-state index contributed by atoms with van der Waals surface area (Å²) < 4.78 is 6.49. The number of halogens is 1. The van der Waals surface area contributed by atoms with Crippen molar-refractivity contribution in [3.05, 3.63) is 57.6 Å². The van der Waals surface area contributed by atoms with E-state index in [0.29, 0.717) is 11.3 Å². The fourth-order valence-electron chi connectivity index (χ4n) is 1.88. The first kappa shape index (κ1) is 14.4. The highest BCUT2D eigenvalue weighted by molar-refractivity contribution is 9.10. The van der Waals surface area contributed by atoms with Gasteiger partial charge in [0.1, 0.15) is 12.4 Å². The molecule has 0 spiro atoms. The van der Waals surface area contributed by atoms with Gasteiger partial charge >= 0.3 is 5.97 Å². The number of carboxylic acid groups (broad SMARTS) is 1. The lowest BCUT2D eigenvalue weighted by Gasteiger charge is -2.12. The molecule has 0 saturated heterocycles. The Kier molecular flexibility index (Phi) is 4.29. The van der Waals surface area contributed by atoms with Crippen LogP contribution in [0.4, 0.5) is 5.69 Å². The first-order chi connectivity index (χ1) is 9.49. The van der Waals surface area contributed by atoms with Crippen LogP contribution in [-0.4, -0.2) is 11.1 Å². The van der Waals surface area contributed by atoms with E-state index in [0.717, 1.165) is 10.0 Å². The molecule has 2 aromatic carbocycles. The minimum atomic E-state index is -1.05. The summed E-state index contributed by atoms with van der Waals surface area (Å²) in [5.41, 5.74) is 7.68. The molecule has 0 fully saturated rings. The van der Waals surface area contributed by atoms with Crippen LogP contribution in [0, 0.1) is 6.92 Å². The molecule has 3 N–H and O–H groups in total. The van der Waals surface area contributed by atoms with Gasteiger partial charge < -0.3 is 15.6 Å². The van der Waals surface area contributed by atoms with E-state index >= 15 is 0 Å². The Morgan fingerprint density at radius 1 is 1.35 bits per heavy atom. The number of ether oxygens (including phenoxy) is 1. The average Bonchev–Trinajstić information content (AvgIpc) is 2.37. The van der Waals surface area contributed by atoms with Crippen LogP contribution < -0.4 is 10.5 Å². The second kappa shape index (κ2) is 5.96. The number of hydrogen-bond acceptors (Lipinski definition) is 3. The summed E-state index contributed by atoms with van der Waals surface area (Å²) in [6, 6.07) is 10.7. The van der Waals surface area contributed by atoms with Crippen molar-refractivity contribution in [2.45, 2.75) is 13.5 Å². The van der Waals surface area contributed by atoms with Gasteiger partial charge in [-0.25, -0.2) is 4.79 Å². The molecule has 2 aromatic rings. The first-order valence-electron chi connectivity index (χ1n) is 5.98. The van der Waals surface area contributed by atoms with Crippen molar-refractivity contribution in [2.75, 3.05) is 5.73 Å². The number of carboxylic acids is 1. The number of nitrogen functional groups attached to an aromatic ring is 1. The van der Waals surface area contributed by atoms with E-state index < -0.39 is 5.97 Å². The second-order valence-electron chi connectivity index (χ2n) is 4.41. The molecule has 2 rings (SSSR count). The molecule has 0 amide bonds. The SMILES string of the molecule is Cc1ccc(OCc2cccc(N)c2C(=O)O)c(Br)c1. The van der Waals surface area contributed by atoms with Crippen LogP contribution in [0.3, 0.4) is 0 Å². The predicted molar refractivity (Wildman–Crippen MR) is 81.0 cm³/mol. The van der Waals surface area contributed by atoms with Crippen LogP contribution >= 0.6 is 15.9 Å². The number of hydrogen-bond donors (Lipinski definition) is 2. The Hall–Kier alpha value is -2.01. The van der Waals surface area contributed by atoms with Gasteiger partial charge in [0.25, 0.3) is 0 Å². The Labute approximate surface area is 125 Å². The number of carbonyl (C=O) groups is 1. The smallest absolute Gasteiger partial charge is 0.338 e. The third-order valence-corrected chi connectivity index (χ3v) is 3.49. The topological polar surface area (TPSA) is 72.5 Å². The van der Waals surface area contributed by atoms with E-state index in [2.05, 4.69) is 15.9 Å². The zero-order valence-corrected chi connectivity index (χ0v) is 12.5. The van der Waals surface area contributed by atoms with Crippen molar-refractivity contribution < 1.29 is 14.6 Å². The number of aromatic carboxylic acids is 1. The molecule has 0 radical (unpaired) electrons. The molecule has 0 bridgehead atoms. The molecular weight excluding hydrogens is 322 g/mol. The number of nitrogens with two attached hydrogens (primary N) is 1. The van der Waals surface area contributed by atoms with E-state index in [9.17, 15) is 9.90 Å². The van der Waals surface area contributed by atoms with Crippen LogP contribution in [0.25, 0.3) is 0 Å². The minimum Gasteiger partial charge on any atom is -0.488 e. The molecule has 0 aliphatic rings. The van der Waals surface area contributed by atoms with Gasteiger partial charge in [-0.05, 0) is 46.6 Å². The summed E-state index contributed by atoms with van der Waals surface area (Å²) in [5, 5.41) is 9.19. The summed E-state index contributed by atoms with van der Waals surface area (Å²) in [5.74, 6) is -0.390. The summed E-state index contributed by atoms with van der Waals surface area (Å²) >= 11 is 3.42. The molecule has 0 saturated carbocycles. The number of anilines is 1. The van der Waals surface area contributed by atoms with Crippen LogP contribution in [0.5, 0.6) is 5.75 Å². The standard InChI is InChI=1S/C15H14BrNO3/c1-9-5-6-13(11(16)7-9)20-8-10-3-2-4-12(17)14(10)15(18)19/h2-7H,8,17H2,1H3,(H,18,19). The van der Waals surface area contributed by atoms with Crippen molar-refractivity contribution in [2.24, 2.45) is 0 Å². The average molecular weight is 336 g/mol. The molecule has 0 atom stereocenters. The molecule has 5 heteroatoms. The molecule has 0 unspecified atom stereocenters. The molecule has 0 heterocycles. The van der Waals surface area contributed by atoms with E-state index in [4.69, 9.17) is 10.5 Å². The summed E-state index contributed by atoms with van der Waals surface area (Å²) in [6.07, 6.45) is 0. The lowest BCUT2D eigenvalue weighted by molar-refractivity contribution is 0.0695. The Morgan fingerprint density at radius 3 is 2.75 bits per heavy atom. The van der Waals surface area contributed by atoms with Crippen molar-refractivity contribution in [3.63, 3.8) is 0 Å². The van der Waals surface area contributed by atoms with Crippen molar-refractivity contribution in [3.8, 4) is 5.75 Å². The van der Waals surface area contributed by atoms with Gasteiger partial charge in [0.05, 0.1) is 10.0 Å². The highest BCUT2D eigenvalue weighted by atomic mass is 79.9. The van der Waals surface area contributed by atoms with Gasteiger partial charge in [-0.1, -0.05) is 18.2 Å². The van der Waals surface area contributed by atoms with E-state index in [-0.39, 0.29) is 17.9 Å². The number of benzene rings is 2. The quantitative estimate of drug-likeness (QED) is 0.837. The van der Waals surface area contributed by atoms with Crippen LogP contribution in [0.1, 0.15) is 21.5 Å². The normalized spacial score (nSPS) is 10.3. The molecule has 4 nitrogen and oxygen atoms in total. The van der Waals surface area contributed by atoms with Gasteiger partial charge in [0.15, 0.2) is 0 Å². The fourth-order valence-corrected chi connectivity index (χ4v) is 2.49. The first-order valence-corrected chi connectivity index (χ1v) is 6.78. The second-order valence-corrected chi connectivity index (χ2v) is 5.26. The maximum absolute atomic E-state index is 11.2. The molecule has 0 aliphatic carbocycles. The summed E-state index contributed by atoms with van der Waals surface area (Å²) in [4.78, 5) is 11.2. The fraction of sp³-hybridized carbons (Fsp3) is 0.133. The monoisotopic (exact) mass is 335 g/mol. The molecule has 0 aromatic heterocycles. The van der Waals surface area contributed by atoms with E-state index in [1.54, 1.807) is 18.2 Å². The lowest BCUT2D eigenvalue weighted by Crippen LogP contribution is -2.09. The molecule has 104 valence electrons. The third-order valence-electron chi connectivity index (χ3n) is 2.87. The van der Waals surface area contributed by atoms with Crippen LogP contribution in [0.15, 0.2) is 40.9 Å². The summed E-state index contributed by atoms with van der Waals surface area (Å²) in [7, 11) is 0. The van der Waals surface area contributed by atoms with Crippen molar-refractivity contribution >= 4 is 27.6 Å². The minimum absolute atomic E-state index is 0.0933. The van der Waals surface area contributed by atoms with Gasteiger partial charge in [-0.15, -0.1) is 0 Å². The Balaban J connectivity index is 2.23. The van der Waals surface area contributed by atoms with E-state index in [1.807, 2.05) is 25.1 Å². The number of aryl methyl sites for hydroxylation is 1. The van der Waals surface area contributed by atoms with Gasteiger partial charge in [-0.3, -0.25) is 0 Å². The zero-order chi connectivity index (χ0) is 14.7. The predicted octanol–water partition coefficient (Wildman–Crippen LogP) is 3.62. The Morgan fingerprint density at radius 2 is 2.10 bits per heavy atom. The maximum atomic E-state index is 11.2. The largest absolute Gasteiger partial charge is 0.488 e. The van der Waals surface area contributed by atoms with Crippen LogP contribution in [0.2, 0.25) is 0 Å². The molecular formula is C15H14BrNO3.